The summed E-state index contributed by atoms with van der Waals surface area (Å²) in [6.45, 7) is -0.161. The van der Waals surface area contributed by atoms with E-state index in [2.05, 4.69) is 9.05 Å². The molecule has 1 rings (SSSR count). The van der Waals surface area contributed by atoms with Crippen LogP contribution in [0.15, 0.2) is 0 Å². The summed E-state index contributed by atoms with van der Waals surface area (Å²) in [4.78, 5) is 9.13. The third-order valence-corrected chi connectivity index (χ3v) is 3.56. The van der Waals surface area contributed by atoms with Crippen LogP contribution in [0.4, 0.5) is 22.0 Å². The zero-order chi connectivity index (χ0) is 14.7. The molecule has 0 aromatic carbocycles. The summed E-state index contributed by atoms with van der Waals surface area (Å²) < 4.78 is 83.0. The Morgan fingerprint density at radius 2 is 1.79 bits per heavy atom. The largest absolute Gasteiger partial charge is 0.472 e. The van der Waals surface area contributed by atoms with E-state index in [0.29, 0.717) is 12.8 Å². The number of hydrogen-bond donors (Lipinski definition) is 1. The first kappa shape index (κ1) is 16.8. The van der Waals surface area contributed by atoms with Gasteiger partial charge in [-0.25, -0.2) is 13.3 Å². The van der Waals surface area contributed by atoms with Gasteiger partial charge in [-0.1, -0.05) is 12.8 Å². The Labute approximate surface area is 106 Å². The van der Waals surface area contributed by atoms with Crippen LogP contribution in [0, 0.1) is 0 Å². The SMILES string of the molecule is O=P1(O)OCCCCCC(C(F)(F)CC(F)(F)F)O1. The maximum Gasteiger partial charge on any atom is 0.472 e. The van der Waals surface area contributed by atoms with Crippen LogP contribution in [-0.2, 0) is 13.6 Å². The maximum atomic E-state index is 13.5. The Kier molecular flexibility index (Phi) is 5.34. The fourth-order valence-electron chi connectivity index (χ4n) is 1.70. The van der Waals surface area contributed by atoms with E-state index in [9.17, 15) is 26.5 Å². The molecule has 0 radical (unpaired) electrons. The number of phosphoric acid groups is 1. The van der Waals surface area contributed by atoms with Crippen LogP contribution in [0.25, 0.3) is 0 Å². The van der Waals surface area contributed by atoms with Crippen molar-refractivity contribution >= 4 is 7.82 Å². The number of phosphoric ester groups is 1. The second-order valence-corrected chi connectivity index (χ2v) is 5.70. The Morgan fingerprint density at radius 3 is 2.37 bits per heavy atom. The number of halogens is 5. The molecule has 0 spiro atoms. The summed E-state index contributed by atoms with van der Waals surface area (Å²) in [5, 5.41) is 0. The van der Waals surface area contributed by atoms with E-state index in [1.807, 2.05) is 0 Å². The van der Waals surface area contributed by atoms with Crippen molar-refractivity contribution < 1.29 is 40.5 Å². The van der Waals surface area contributed by atoms with Crippen molar-refractivity contribution in [1.82, 2.24) is 0 Å². The van der Waals surface area contributed by atoms with Gasteiger partial charge in [0.05, 0.1) is 6.61 Å². The Bertz CT molecular complexity index is 346. The fraction of sp³-hybridized carbons (Fsp3) is 1.00. The van der Waals surface area contributed by atoms with Gasteiger partial charge in [0, 0.05) is 0 Å². The number of alkyl halides is 5. The average Bonchev–Trinajstić information content (AvgIpc) is 2.24. The molecule has 1 heterocycles. The van der Waals surface area contributed by atoms with Gasteiger partial charge in [0.25, 0.3) is 5.92 Å². The molecule has 1 aliphatic rings. The standard InChI is InChI=1S/C9H14F5O4P/c10-8(11,6-9(12,13)14)7-4-2-1-3-5-17-19(15,16)18-7/h7H,1-6H2,(H,15,16). The lowest BCUT2D eigenvalue weighted by atomic mass is 10.0. The molecule has 2 unspecified atom stereocenters. The molecule has 10 heteroatoms. The second-order valence-electron chi connectivity index (χ2n) is 4.30. The third kappa shape index (κ3) is 6.16. The Morgan fingerprint density at radius 1 is 1.16 bits per heavy atom. The first-order valence-corrected chi connectivity index (χ1v) is 7.12. The lowest BCUT2D eigenvalue weighted by Crippen LogP contribution is -2.39. The third-order valence-electron chi connectivity index (χ3n) is 2.53. The fourth-order valence-corrected chi connectivity index (χ4v) is 2.70. The molecule has 1 aliphatic heterocycles. The second kappa shape index (κ2) is 6.03. The van der Waals surface area contributed by atoms with Gasteiger partial charge in [0.2, 0.25) is 0 Å². The first-order chi connectivity index (χ1) is 8.52. The van der Waals surface area contributed by atoms with Gasteiger partial charge in [-0.05, 0) is 12.8 Å². The summed E-state index contributed by atoms with van der Waals surface area (Å²) in [5.74, 6) is -4.27. The van der Waals surface area contributed by atoms with E-state index in [-0.39, 0.29) is 13.0 Å². The zero-order valence-electron chi connectivity index (χ0n) is 9.83. The highest BCUT2D eigenvalue weighted by Gasteiger charge is 2.51. The van der Waals surface area contributed by atoms with Gasteiger partial charge in [-0.15, -0.1) is 0 Å². The molecule has 0 bridgehead atoms. The van der Waals surface area contributed by atoms with E-state index in [4.69, 9.17) is 4.89 Å². The zero-order valence-corrected chi connectivity index (χ0v) is 10.7. The van der Waals surface area contributed by atoms with Crippen LogP contribution in [0.2, 0.25) is 0 Å². The molecule has 4 nitrogen and oxygen atoms in total. The average molecular weight is 312 g/mol. The van der Waals surface area contributed by atoms with Crippen LogP contribution in [-0.4, -0.2) is 29.7 Å². The molecular formula is C9H14F5O4P. The summed E-state index contributed by atoms with van der Waals surface area (Å²) in [7, 11) is -4.75. The van der Waals surface area contributed by atoms with Crippen LogP contribution >= 0.6 is 7.82 Å². The molecule has 114 valence electrons. The van der Waals surface area contributed by atoms with E-state index in [1.165, 1.54) is 0 Å². The lowest BCUT2D eigenvalue weighted by molar-refractivity contribution is -0.213. The topological polar surface area (TPSA) is 55.8 Å². The molecular weight excluding hydrogens is 298 g/mol. The minimum absolute atomic E-state index is 0.161. The smallest absolute Gasteiger partial charge is 0.302 e. The minimum Gasteiger partial charge on any atom is -0.302 e. The van der Waals surface area contributed by atoms with Crippen molar-refractivity contribution in [2.24, 2.45) is 0 Å². The monoisotopic (exact) mass is 312 g/mol. The van der Waals surface area contributed by atoms with Crippen molar-refractivity contribution in [2.45, 2.75) is 50.3 Å². The van der Waals surface area contributed by atoms with Crippen LogP contribution in [0.3, 0.4) is 0 Å². The molecule has 1 fully saturated rings. The van der Waals surface area contributed by atoms with Gasteiger partial charge in [-0.3, -0.25) is 9.05 Å². The Balaban J connectivity index is 2.83. The molecule has 0 saturated carbocycles. The summed E-state index contributed by atoms with van der Waals surface area (Å²) >= 11 is 0. The highest BCUT2D eigenvalue weighted by atomic mass is 31.2. The van der Waals surface area contributed by atoms with Gasteiger partial charge in [-0.2, -0.15) is 13.2 Å². The predicted molar refractivity (Wildman–Crippen MR) is 54.7 cm³/mol. The summed E-state index contributed by atoms with van der Waals surface area (Å²) in [5.41, 5.74) is 0. The Hall–Kier alpha value is -0.240. The molecule has 0 aliphatic carbocycles. The maximum absolute atomic E-state index is 13.5. The van der Waals surface area contributed by atoms with Gasteiger partial charge in [0.15, 0.2) is 0 Å². The molecule has 0 aromatic heterocycles. The van der Waals surface area contributed by atoms with Gasteiger partial charge < -0.3 is 4.89 Å². The molecule has 2 atom stereocenters. The predicted octanol–water partition coefficient (Wildman–Crippen LogP) is 3.65. The minimum atomic E-state index is -5.09. The van der Waals surface area contributed by atoms with Crippen LogP contribution in [0.1, 0.15) is 32.1 Å². The lowest BCUT2D eigenvalue weighted by Gasteiger charge is -2.28. The number of hydrogen-bond acceptors (Lipinski definition) is 3. The normalized spacial score (nSPS) is 31.4. The van der Waals surface area contributed by atoms with E-state index >= 15 is 0 Å². The van der Waals surface area contributed by atoms with Crippen molar-refractivity contribution in [3.63, 3.8) is 0 Å². The van der Waals surface area contributed by atoms with Gasteiger partial charge in [0.1, 0.15) is 12.5 Å². The molecule has 1 N–H and O–H groups in total. The van der Waals surface area contributed by atoms with Crippen LogP contribution < -0.4 is 0 Å². The van der Waals surface area contributed by atoms with Crippen molar-refractivity contribution in [3.05, 3.63) is 0 Å². The molecule has 1 saturated heterocycles. The van der Waals surface area contributed by atoms with E-state index < -0.39 is 38.9 Å². The van der Waals surface area contributed by atoms with Gasteiger partial charge >= 0.3 is 14.0 Å². The van der Waals surface area contributed by atoms with Crippen LogP contribution in [0.5, 0.6) is 0 Å². The van der Waals surface area contributed by atoms with Crippen molar-refractivity contribution in [3.8, 4) is 0 Å². The quantitative estimate of drug-likeness (QED) is 0.624. The van der Waals surface area contributed by atoms with Crippen molar-refractivity contribution in [1.29, 1.82) is 0 Å². The highest BCUT2D eigenvalue weighted by Crippen LogP contribution is 2.50. The summed E-state index contributed by atoms with van der Waals surface area (Å²) in [6, 6.07) is 0. The summed E-state index contributed by atoms with van der Waals surface area (Å²) in [6.07, 6.45) is -9.29. The first-order valence-electron chi connectivity index (χ1n) is 5.62. The molecule has 0 amide bonds. The van der Waals surface area contributed by atoms with E-state index in [1.54, 1.807) is 0 Å². The molecule has 19 heavy (non-hydrogen) atoms. The molecule has 0 aromatic rings. The van der Waals surface area contributed by atoms with Crippen molar-refractivity contribution in [2.75, 3.05) is 6.61 Å². The number of rotatable bonds is 2. The highest BCUT2D eigenvalue weighted by molar-refractivity contribution is 7.47. The van der Waals surface area contributed by atoms with E-state index in [0.717, 1.165) is 0 Å².